The fourth-order valence-corrected chi connectivity index (χ4v) is 5.85. The third kappa shape index (κ3) is 5.67. The van der Waals surface area contributed by atoms with Gasteiger partial charge >= 0.3 is 0 Å². The Bertz CT molecular complexity index is 594. The summed E-state index contributed by atoms with van der Waals surface area (Å²) in [6.45, 7) is 7.56. The van der Waals surface area contributed by atoms with E-state index in [0.29, 0.717) is 25.9 Å². The number of piperidine rings is 3. The topological polar surface area (TPSA) is 60.9 Å². The zero-order valence-electron chi connectivity index (χ0n) is 17.1. The van der Waals surface area contributed by atoms with Gasteiger partial charge in [0.2, 0.25) is 15.9 Å². The molecule has 1 atom stereocenters. The molecule has 6 nitrogen and oxygen atoms in total. The van der Waals surface area contributed by atoms with Crippen LogP contribution in [-0.2, 0) is 14.8 Å². The highest BCUT2D eigenvalue weighted by molar-refractivity contribution is 7.88. The molecule has 0 spiro atoms. The summed E-state index contributed by atoms with van der Waals surface area (Å²) in [6, 6.07) is 0.734. The van der Waals surface area contributed by atoms with E-state index in [1.54, 1.807) is 0 Å². The van der Waals surface area contributed by atoms with Crippen molar-refractivity contribution >= 4 is 15.9 Å². The van der Waals surface area contributed by atoms with E-state index in [1.807, 2.05) is 4.90 Å². The van der Waals surface area contributed by atoms with Gasteiger partial charge in [0.25, 0.3) is 0 Å². The molecule has 1 amide bonds. The molecule has 3 aliphatic heterocycles. The quantitative estimate of drug-likeness (QED) is 0.711. The first-order valence-electron chi connectivity index (χ1n) is 10.8. The lowest BCUT2D eigenvalue weighted by molar-refractivity contribution is -0.138. The zero-order valence-corrected chi connectivity index (χ0v) is 17.9. The fraction of sp³-hybridized carbons (Fsp3) is 0.950. The Morgan fingerprint density at radius 1 is 0.926 bits per heavy atom. The molecule has 3 aliphatic rings. The molecule has 7 heteroatoms. The minimum absolute atomic E-state index is 0.00810. The standard InChI is InChI=1S/C20H37N3O3S/c1-17-5-3-4-11-21(17)12-6-18-7-13-22(14-8-18)20(24)19-9-15-23(16-10-19)27(2,25)26/h17-19H,3-16H2,1-2H3. The van der Waals surface area contributed by atoms with Crippen LogP contribution < -0.4 is 0 Å². The summed E-state index contributed by atoms with van der Waals surface area (Å²) in [7, 11) is -3.12. The van der Waals surface area contributed by atoms with Crippen molar-refractivity contribution in [2.45, 2.75) is 64.3 Å². The largest absolute Gasteiger partial charge is 0.342 e. The van der Waals surface area contributed by atoms with E-state index in [1.165, 1.54) is 49.3 Å². The van der Waals surface area contributed by atoms with Crippen LogP contribution in [0.25, 0.3) is 0 Å². The number of nitrogens with zero attached hydrogens (tertiary/aromatic N) is 3. The van der Waals surface area contributed by atoms with Crippen LogP contribution in [0.2, 0.25) is 0 Å². The maximum atomic E-state index is 12.8. The Morgan fingerprint density at radius 2 is 1.59 bits per heavy atom. The molecular weight excluding hydrogens is 362 g/mol. The predicted octanol–water partition coefficient (Wildman–Crippen LogP) is 2.16. The lowest BCUT2D eigenvalue weighted by Gasteiger charge is -2.38. The Kier molecular flexibility index (Phi) is 7.20. The van der Waals surface area contributed by atoms with E-state index in [2.05, 4.69) is 11.8 Å². The van der Waals surface area contributed by atoms with Gasteiger partial charge in [0.15, 0.2) is 0 Å². The number of sulfonamides is 1. The molecule has 3 rings (SSSR count). The molecule has 3 saturated heterocycles. The highest BCUT2D eigenvalue weighted by Gasteiger charge is 2.33. The molecule has 0 aliphatic carbocycles. The van der Waals surface area contributed by atoms with Crippen LogP contribution in [-0.4, -0.2) is 80.0 Å². The molecule has 0 aromatic carbocycles. The summed E-state index contributed by atoms with van der Waals surface area (Å²) in [6.07, 6.45) is 10.1. The van der Waals surface area contributed by atoms with Crippen molar-refractivity contribution in [3.8, 4) is 0 Å². The SMILES string of the molecule is CC1CCCCN1CCC1CCN(C(=O)C2CCN(S(C)(=O)=O)CC2)CC1. The van der Waals surface area contributed by atoms with Crippen LogP contribution in [0.1, 0.15) is 58.3 Å². The minimum Gasteiger partial charge on any atom is -0.342 e. The molecule has 27 heavy (non-hydrogen) atoms. The molecule has 156 valence electrons. The van der Waals surface area contributed by atoms with Crippen LogP contribution in [0.5, 0.6) is 0 Å². The van der Waals surface area contributed by atoms with Crippen molar-refractivity contribution < 1.29 is 13.2 Å². The minimum atomic E-state index is -3.12. The fourth-order valence-electron chi connectivity index (χ4n) is 4.97. The normalized spacial score (nSPS) is 27.8. The van der Waals surface area contributed by atoms with Gasteiger partial charge in [-0.25, -0.2) is 12.7 Å². The highest BCUT2D eigenvalue weighted by Crippen LogP contribution is 2.27. The van der Waals surface area contributed by atoms with Gasteiger partial charge < -0.3 is 9.80 Å². The van der Waals surface area contributed by atoms with Crippen molar-refractivity contribution in [1.29, 1.82) is 0 Å². The van der Waals surface area contributed by atoms with E-state index in [9.17, 15) is 13.2 Å². The second-order valence-electron chi connectivity index (χ2n) is 8.87. The highest BCUT2D eigenvalue weighted by atomic mass is 32.2. The van der Waals surface area contributed by atoms with E-state index < -0.39 is 10.0 Å². The van der Waals surface area contributed by atoms with Gasteiger partial charge in [0, 0.05) is 38.1 Å². The van der Waals surface area contributed by atoms with Crippen molar-refractivity contribution in [3.05, 3.63) is 0 Å². The molecule has 0 aromatic heterocycles. The number of hydrogen-bond acceptors (Lipinski definition) is 4. The number of carbonyl (C=O) groups is 1. The average Bonchev–Trinajstić information content (AvgIpc) is 2.67. The Balaban J connectivity index is 1.38. The molecule has 0 aromatic rings. The number of rotatable bonds is 5. The lowest BCUT2D eigenvalue weighted by Crippen LogP contribution is -2.46. The Hall–Kier alpha value is -0.660. The van der Waals surface area contributed by atoms with E-state index in [-0.39, 0.29) is 11.8 Å². The molecule has 3 heterocycles. The summed E-state index contributed by atoms with van der Waals surface area (Å²) in [4.78, 5) is 17.5. The third-order valence-corrected chi connectivity index (χ3v) is 8.27. The number of carbonyl (C=O) groups excluding carboxylic acids is 1. The number of amides is 1. The first-order chi connectivity index (χ1) is 12.8. The first kappa shape index (κ1) is 21.1. The molecule has 0 bridgehead atoms. The predicted molar refractivity (Wildman–Crippen MR) is 108 cm³/mol. The van der Waals surface area contributed by atoms with Crippen LogP contribution >= 0.6 is 0 Å². The Morgan fingerprint density at radius 3 is 2.19 bits per heavy atom. The Labute approximate surface area is 165 Å². The van der Waals surface area contributed by atoms with Crippen LogP contribution in [0.15, 0.2) is 0 Å². The first-order valence-corrected chi connectivity index (χ1v) is 12.7. The summed E-state index contributed by atoms with van der Waals surface area (Å²) in [5, 5.41) is 0. The van der Waals surface area contributed by atoms with Gasteiger partial charge in [-0.05, 0) is 70.9 Å². The monoisotopic (exact) mass is 399 g/mol. The number of hydrogen-bond donors (Lipinski definition) is 0. The molecule has 0 N–H and O–H groups in total. The van der Waals surface area contributed by atoms with Crippen molar-refractivity contribution in [1.82, 2.24) is 14.1 Å². The second-order valence-corrected chi connectivity index (χ2v) is 10.9. The van der Waals surface area contributed by atoms with Gasteiger partial charge in [0.1, 0.15) is 0 Å². The van der Waals surface area contributed by atoms with Crippen LogP contribution in [0.4, 0.5) is 0 Å². The lowest BCUT2D eigenvalue weighted by atomic mass is 9.90. The van der Waals surface area contributed by atoms with Crippen molar-refractivity contribution in [2.24, 2.45) is 11.8 Å². The van der Waals surface area contributed by atoms with E-state index in [4.69, 9.17) is 0 Å². The maximum Gasteiger partial charge on any atom is 0.225 e. The van der Waals surface area contributed by atoms with E-state index in [0.717, 1.165) is 37.9 Å². The second kappa shape index (κ2) is 9.23. The molecule has 1 unspecified atom stereocenters. The zero-order chi connectivity index (χ0) is 19.4. The molecule has 3 fully saturated rings. The maximum absolute atomic E-state index is 12.8. The molecule has 0 radical (unpaired) electrons. The average molecular weight is 400 g/mol. The third-order valence-electron chi connectivity index (χ3n) is 6.96. The number of likely N-dealkylation sites (tertiary alicyclic amines) is 2. The molecule has 0 saturated carbocycles. The molecular formula is C20H37N3O3S. The van der Waals surface area contributed by atoms with Gasteiger partial charge in [-0.2, -0.15) is 0 Å². The summed E-state index contributed by atoms with van der Waals surface area (Å²) in [5.41, 5.74) is 0. The van der Waals surface area contributed by atoms with Crippen molar-refractivity contribution in [2.75, 3.05) is 45.5 Å². The van der Waals surface area contributed by atoms with Gasteiger partial charge in [-0.3, -0.25) is 4.79 Å². The van der Waals surface area contributed by atoms with E-state index >= 15 is 0 Å². The summed E-state index contributed by atoms with van der Waals surface area (Å²) < 4.78 is 24.8. The smallest absolute Gasteiger partial charge is 0.225 e. The van der Waals surface area contributed by atoms with Gasteiger partial charge in [-0.1, -0.05) is 6.42 Å². The van der Waals surface area contributed by atoms with Crippen LogP contribution in [0.3, 0.4) is 0 Å². The summed E-state index contributed by atoms with van der Waals surface area (Å²) in [5.74, 6) is 1.01. The summed E-state index contributed by atoms with van der Waals surface area (Å²) >= 11 is 0. The van der Waals surface area contributed by atoms with Gasteiger partial charge in [-0.15, -0.1) is 0 Å². The van der Waals surface area contributed by atoms with Crippen LogP contribution in [0, 0.1) is 11.8 Å². The van der Waals surface area contributed by atoms with Gasteiger partial charge in [0.05, 0.1) is 6.26 Å². The van der Waals surface area contributed by atoms with Crippen molar-refractivity contribution in [3.63, 3.8) is 0 Å².